The van der Waals surface area contributed by atoms with E-state index in [0.29, 0.717) is 17.5 Å². The Morgan fingerprint density at radius 1 is 0.312 bits per heavy atom. The van der Waals surface area contributed by atoms with Gasteiger partial charge in [0, 0.05) is 53.2 Å². The zero-order valence-electron chi connectivity index (χ0n) is 34.5. The van der Waals surface area contributed by atoms with Crippen LogP contribution in [0.4, 0.5) is 0 Å². The molecule has 0 N–H and O–H groups in total. The summed E-state index contributed by atoms with van der Waals surface area (Å²) in [4.78, 5) is 15.7. The van der Waals surface area contributed by atoms with Gasteiger partial charge in [0.25, 0.3) is 0 Å². The third kappa shape index (κ3) is 5.93. The van der Waals surface area contributed by atoms with Crippen molar-refractivity contribution in [3.63, 3.8) is 0 Å². The van der Waals surface area contributed by atoms with Crippen molar-refractivity contribution >= 4 is 74.9 Å². The number of nitrogens with zero attached hydrogens (tertiary/aromatic N) is 4. The highest BCUT2D eigenvalue weighted by molar-refractivity contribution is 7.26. The monoisotopic (exact) mass is 832 g/mol. The van der Waals surface area contributed by atoms with Crippen LogP contribution in [-0.4, -0.2) is 19.5 Å². The smallest absolute Gasteiger partial charge is 0.164 e. The predicted octanol–water partition coefficient (Wildman–Crippen LogP) is 16.0. The molecule has 64 heavy (non-hydrogen) atoms. The number of fused-ring (bicyclic) bond motifs is 9. The first-order chi connectivity index (χ1) is 31.7. The lowest BCUT2D eigenvalue weighted by atomic mass is 9.94. The summed E-state index contributed by atoms with van der Waals surface area (Å²) in [7, 11) is 0. The topological polar surface area (TPSA) is 43.6 Å². The van der Waals surface area contributed by atoms with E-state index in [9.17, 15) is 0 Å². The average Bonchev–Trinajstić information content (AvgIpc) is 3.92. The summed E-state index contributed by atoms with van der Waals surface area (Å²) in [5, 5.41) is 9.90. The normalized spacial score (nSPS) is 11.8. The van der Waals surface area contributed by atoms with Gasteiger partial charge in [-0.3, -0.25) is 0 Å². The van der Waals surface area contributed by atoms with Crippen molar-refractivity contribution < 1.29 is 0 Å². The van der Waals surface area contributed by atoms with E-state index in [0.717, 1.165) is 55.7 Å². The molecular formula is C59H36N4S. The molecule has 0 atom stereocenters. The molecule has 0 bridgehead atoms. The fourth-order valence-electron chi connectivity index (χ4n) is 9.63. The molecule has 13 aromatic rings. The Labute approximate surface area is 373 Å². The van der Waals surface area contributed by atoms with Crippen LogP contribution in [0.5, 0.6) is 0 Å². The average molecular weight is 833 g/mol. The molecule has 4 nitrogen and oxygen atoms in total. The van der Waals surface area contributed by atoms with E-state index >= 15 is 0 Å². The Morgan fingerprint density at radius 2 is 0.906 bits per heavy atom. The Morgan fingerprint density at radius 3 is 1.70 bits per heavy atom. The standard InChI is InChI=1S/C59H36N4S/c1-3-15-37(16-4-1)40-22-13-23-43(33-40)58-60-57(39-18-5-2-6-19-39)61-59(62-58)44-29-31-51(63-50-27-12-11-25-46(50)48-34-41-20-7-8-21-42(41)36-52(48)63)49(35-44)47-26-14-28-53-56(47)55-45-24-10-9-17-38(45)30-32-54(55)64-53/h1-36H. The third-order valence-corrected chi connectivity index (χ3v) is 13.7. The predicted molar refractivity (Wildman–Crippen MR) is 269 cm³/mol. The lowest BCUT2D eigenvalue weighted by Gasteiger charge is -2.17. The number of thiophene rings is 1. The highest BCUT2D eigenvalue weighted by Crippen LogP contribution is 2.46. The lowest BCUT2D eigenvalue weighted by molar-refractivity contribution is 1.07. The highest BCUT2D eigenvalue weighted by Gasteiger charge is 2.22. The Kier molecular flexibility index (Phi) is 8.36. The number of aromatic nitrogens is 4. The summed E-state index contributed by atoms with van der Waals surface area (Å²) in [6, 6.07) is 78.2. The number of rotatable bonds is 6. The van der Waals surface area contributed by atoms with Crippen molar-refractivity contribution in [1.82, 2.24) is 19.5 Å². The lowest BCUT2D eigenvalue weighted by Crippen LogP contribution is -2.02. The van der Waals surface area contributed by atoms with Crippen molar-refractivity contribution in [3.05, 3.63) is 218 Å². The molecule has 0 saturated heterocycles. The van der Waals surface area contributed by atoms with Gasteiger partial charge in [-0.15, -0.1) is 11.3 Å². The van der Waals surface area contributed by atoms with E-state index in [1.165, 1.54) is 52.5 Å². The minimum absolute atomic E-state index is 0.614. The van der Waals surface area contributed by atoms with Gasteiger partial charge in [-0.25, -0.2) is 15.0 Å². The summed E-state index contributed by atoms with van der Waals surface area (Å²) in [5.74, 6) is 1.87. The largest absolute Gasteiger partial charge is 0.309 e. The summed E-state index contributed by atoms with van der Waals surface area (Å²) in [5.41, 5.74) is 10.7. The van der Waals surface area contributed by atoms with Crippen molar-refractivity contribution in [1.29, 1.82) is 0 Å². The number of hydrogen-bond acceptors (Lipinski definition) is 4. The van der Waals surface area contributed by atoms with Crippen molar-refractivity contribution in [3.8, 4) is 62.1 Å². The third-order valence-electron chi connectivity index (χ3n) is 12.6. The molecule has 3 heterocycles. The molecule has 5 heteroatoms. The van der Waals surface area contributed by atoms with Gasteiger partial charge < -0.3 is 4.57 Å². The second-order valence-electron chi connectivity index (χ2n) is 16.4. The fraction of sp³-hybridized carbons (Fsp3) is 0. The van der Waals surface area contributed by atoms with Crippen LogP contribution in [0.15, 0.2) is 218 Å². The molecule has 0 radical (unpaired) electrons. The van der Waals surface area contributed by atoms with Crippen molar-refractivity contribution in [2.75, 3.05) is 0 Å². The Hall–Kier alpha value is -8.25. The Bertz CT molecular complexity index is 3960. The molecule has 0 unspecified atom stereocenters. The second kappa shape index (κ2) is 14.7. The molecule has 0 saturated carbocycles. The summed E-state index contributed by atoms with van der Waals surface area (Å²) in [6.07, 6.45) is 0. The molecule has 298 valence electrons. The van der Waals surface area contributed by atoms with Gasteiger partial charge in [-0.05, 0) is 92.8 Å². The van der Waals surface area contributed by atoms with E-state index in [1.807, 2.05) is 35.6 Å². The van der Waals surface area contributed by atoms with Crippen LogP contribution >= 0.6 is 11.3 Å². The molecule has 0 spiro atoms. The van der Waals surface area contributed by atoms with Gasteiger partial charge in [-0.2, -0.15) is 0 Å². The molecular weight excluding hydrogens is 797 g/mol. The van der Waals surface area contributed by atoms with Gasteiger partial charge in [0.2, 0.25) is 0 Å². The number of hydrogen-bond donors (Lipinski definition) is 0. The maximum Gasteiger partial charge on any atom is 0.164 e. The van der Waals surface area contributed by atoms with Crippen LogP contribution in [0, 0.1) is 0 Å². The molecule has 0 aliphatic rings. The van der Waals surface area contributed by atoms with E-state index in [-0.39, 0.29) is 0 Å². The van der Waals surface area contributed by atoms with Crippen LogP contribution < -0.4 is 0 Å². The van der Waals surface area contributed by atoms with Crippen molar-refractivity contribution in [2.24, 2.45) is 0 Å². The minimum atomic E-state index is 0.614. The molecule has 0 fully saturated rings. The number of benzene rings is 10. The maximum atomic E-state index is 5.31. The van der Waals surface area contributed by atoms with Gasteiger partial charge in [-0.1, -0.05) is 164 Å². The zero-order valence-corrected chi connectivity index (χ0v) is 35.3. The molecule has 0 aliphatic heterocycles. The molecule has 0 amide bonds. The van der Waals surface area contributed by atoms with Gasteiger partial charge in [0.1, 0.15) is 0 Å². The first kappa shape index (κ1) is 36.4. The maximum absolute atomic E-state index is 5.31. The van der Waals surface area contributed by atoms with Gasteiger partial charge in [0.15, 0.2) is 17.5 Å². The van der Waals surface area contributed by atoms with Crippen LogP contribution in [0.25, 0.3) is 126 Å². The van der Waals surface area contributed by atoms with Gasteiger partial charge >= 0.3 is 0 Å². The van der Waals surface area contributed by atoms with Gasteiger partial charge in [0.05, 0.1) is 16.7 Å². The zero-order chi connectivity index (χ0) is 42.1. The highest BCUT2D eigenvalue weighted by atomic mass is 32.1. The van der Waals surface area contributed by atoms with E-state index in [4.69, 9.17) is 15.0 Å². The van der Waals surface area contributed by atoms with E-state index < -0.39 is 0 Å². The SMILES string of the molecule is c1ccc(-c2cccc(-c3nc(-c4ccccc4)nc(-c4ccc(-n5c6ccccc6c6cc7ccccc7cc65)c(-c5cccc6sc7ccc8ccccc8c7c56)c4)n3)c2)cc1. The second-order valence-corrected chi connectivity index (χ2v) is 17.4. The molecule has 13 rings (SSSR count). The molecule has 0 aliphatic carbocycles. The van der Waals surface area contributed by atoms with Crippen molar-refractivity contribution in [2.45, 2.75) is 0 Å². The van der Waals surface area contributed by atoms with Crippen LogP contribution in [0.2, 0.25) is 0 Å². The van der Waals surface area contributed by atoms with Crippen LogP contribution in [0.1, 0.15) is 0 Å². The first-order valence-corrected chi connectivity index (χ1v) is 22.4. The number of para-hydroxylation sites is 1. The molecule has 3 aromatic heterocycles. The summed E-state index contributed by atoms with van der Waals surface area (Å²) < 4.78 is 4.99. The summed E-state index contributed by atoms with van der Waals surface area (Å²) >= 11 is 1.85. The van der Waals surface area contributed by atoms with Crippen LogP contribution in [-0.2, 0) is 0 Å². The first-order valence-electron chi connectivity index (χ1n) is 21.6. The minimum Gasteiger partial charge on any atom is -0.309 e. The summed E-state index contributed by atoms with van der Waals surface area (Å²) in [6.45, 7) is 0. The molecule has 10 aromatic carbocycles. The van der Waals surface area contributed by atoms with E-state index in [1.54, 1.807) is 0 Å². The fourth-order valence-corrected chi connectivity index (χ4v) is 10.8. The van der Waals surface area contributed by atoms with Crippen LogP contribution in [0.3, 0.4) is 0 Å². The Balaban J connectivity index is 1.11. The van der Waals surface area contributed by atoms with E-state index in [2.05, 4.69) is 199 Å². The quantitative estimate of drug-likeness (QED) is 0.168.